The van der Waals surface area contributed by atoms with Gasteiger partial charge < -0.3 is 0 Å². The summed E-state index contributed by atoms with van der Waals surface area (Å²) in [5.74, 6) is 0. The molecule has 0 aromatic carbocycles. The van der Waals surface area contributed by atoms with Crippen LogP contribution >= 0.6 is 23.2 Å². The minimum Gasteiger partial charge on any atom is -0.191 e. The number of alkyl halides is 1. The Morgan fingerprint density at radius 2 is 2.30 bits per heavy atom. The summed E-state index contributed by atoms with van der Waals surface area (Å²) in [6, 6.07) is 1.77. The Labute approximate surface area is 70.5 Å². The van der Waals surface area contributed by atoms with E-state index in [-0.39, 0.29) is 10.4 Å². The molecule has 0 fully saturated rings. The minimum absolute atomic E-state index is 0.0283. The van der Waals surface area contributed by atoms with Crippen LogP contribution in [0.15, 0.2) is 23.3 Å². The Kier molecular flexibility index (Phi) is 5.10. The van der Waals surface area contributed by atoms with Crippen LogP contribution in [0.1, 0.15) is 6.92 Å². The van der Waals surface area contributed by atoms with Gasteiger partial charge in [0, 0.05) is 5.38 Å². The summed E-state index contributed by atoms with van der Waals surface area (Å²) in [5.41, 5.74) is 0. The van der Waals surface area contributed by atoms with Crippen LogP contribution in [0.25, 0.3) is 0 Å². The molecule has 0 amide bonds. The van der Waals surface area contributed by atoms with Crippen molar-refractivity contribution >= 4 is 23.2 Å². The van der Waals surface area contributed by atoms with Crippen LogP contribution < -0.4 is 0 Å². The van der Waals surface area contributed by atoms with Crippen LogP contribution in [-0.2, 0) is 0 Å². The fraction of sp³-hybridized carbons (Fsp3) is 0.286. The largest absolute Gasteiger partial charge is 0.191 e. The first-order valence-electron chi connectivity index (χ1n) is 2.75. The number of halogens is 2. The lowest BCUT2D eigenvalue weighted by Crippen LogP contribution is -1.78. The quantitative estimate of drug-likeness (QED) is 0.360. The molecule has 0 aliphatic heterocycles. The first kappa shape index (κ1) is 9.55. The van der Waals surface area contributed by atoms with Gasteiger partial charge in [-0.2, -0.15) is 5.26 Å². The van der Waals surface area contributed by atoms with Crippen molar-refractivity contribution < 1.29 is 0 Å². The highest BCUT2D eigenvalue weighted by atomic mass is 35.5. The molecule has 3 heteroatoms. The monoisotopic (exact) mass is 175 g/mol. The highest BCUT2D eigenvalue weighted by Crippen LogP contribution is 2.00. The third-order valence-electron chi connectivity index (χ3n) is 0.726. The summed E-state index contributed by atoms with van der Waals surface area (Å²) in [7, 11) is 0. The Bertz CT molecular complexity index is 186. The van der Waals surface area contributed by atoms with Gasteiger partial charge in [0.15, 0.2) is 0 Å². The van der Waals surface area contributed by atoms with Gasteiger partial charge in [-0.3, -0.25) is 0 Å². The lowest BCUT2D eigenvalue weighted by atomic mass is 10.4. The topological polar surface area (TPSA) is 23.8 Å². The predicted molar refractivity (Wildman–Crippen MR) is 44.0 cm³/mol. The molecule has 0 bridgehead atoms. The van der Waals surface area contributed by atoms with E-state index < -0.39 is 0 Å². The van der Waals surface area contributed by atoms with Gasteiger partial charge >= 0.3 is 0 Å². The van der Waals surface area contributed by atoms with Crippen molar-refractivity contribution in [1.82, 2.24) is 0 Å². The van der Waals surface area contributed by atoms with Crippen molar-refractivity contribution in [3.05, 3.63) is 23.3 Å². The highest BCUT2D eigenvalue weighted by Gasteiger charge is 1.84. The number of allylic oxidation sites excluding steroid dienone is 4. The highest BCUT2D eigenvalue weighted by molar-refractivity contribution is 6.32. The summed E-state index contributed by atoms with van der Waals surface area (Å²) in [4.78, 5) is 0. The van der Waals surface area contributed by atoms with E-state index in [2.05, 4.69) is 0 Å². The SMILES string of the molecule is CC(Cl)/C=C/C=C(\Cl)C#N. The summed E-state index contributed by atoms with van der Waals surface area (Å²) in [6.45, 7) is 1.83. The third kappa shape index (κ3) is 5.68. The maximum Gasteiger partial charge on any atom is 0.118 e. The maximum atomic E-state index is 8.18. The molecule has 10 heavy (non-hydrogen) atoms. The fourth-order valence-corrected chi connectivity index (χ4v) is 0.487. The first-order valence-corrected chi connectivity index (χ1v) is 3.56. The molecule has 0 aliphatic carbocycles. The molecule has 0 N–H and O–H groups in total. The molecule has 0 saturated carbocycles. The molecule has 0 radical (unpaired) electrons. The zero-order chi connectivity index (χ0) is 7.98. The van der Waals surface area contributed by atoms with Crippen LogP contribution in [0.3, 0.4) is 0 Å². The molecule has 1 atom stereocenters. The molecule has 54 valence electrons. The molecule has 0 aromatic rings. The number of hydrogen-bond donors (Lipinski definition) is 0. The smallest absolute Gasteiger partial charge is 0.118 e. The van der Waals surface area contributed by atoms with Gasteiger partial charge in [-0.15, -0.1) is 11.6 Å². The predicted octanol–water partition coefficient (Wildman–Crippen LogP) is 2.82. The first-order chi connectivity index (χ1) is 4.66. The van der Waals surface area contributed by atoms with Gasteiger partial charge in [0.1, 0.15) is 11.1 Å². The molecule has 0 heterocycles. The van der Waals surface area contributed by atoms with E-state index in [9.17, 15) is 0 Å². The van der Waals surface area contributed by atoms with Crippen molar-refractivity contribution in [3.63, 3.8) is 0 Å². The van der Waals surface area contributed by atoms with Gasteiger partial charge in [-0.1, -0.05) is 23.8 Å². The second kappa shape index (κ2) is 5.34. The van der Waals surface area contributed by atoms with Gasteiger partial charge in [0.05, 0.1) is 0 Å². The Hall–Kier alpha value is -0.450. The van der Waals surface area contributed by atoms with Gasteiger partial charge in [0.2, 0.25) is 0 Å². The molecule has 0 aromatic heterocycles. The molecule has 0 spiro atoms. The number of rotatable bonds is 2. The van der Waals surface area contributed by atoms with Crippen LogP contribution in [0, 0.1) is 11.3 Å². The molecule has 0 saturated heterocycles. The van der Waals surface area contributed by atoms with Gasteiger partial charge in [-0.05, 0) is 13.0 Å². The number of nitrogens with zero attached hydrogens (tertiary/aromatic N) is 1. The van der Waals surface area contributed by atoms with Crippen molar-refractivity contribution in [3.8, 4) is 6.07 Å². The van der Waals surface area contributed by atoms with E-state index in [1.807, 2.05) is 6.92 Å². The lowest BCUT2D eigenvalue weighted by molar-refractivity contribution is 1.23. The maximum absolute atomic E-state index is 8.18. The van der Waals surface area contributed by atoms with Crippen LogP contribution in [0.4, 0.5) is 0 Å². The second-order valence-electron chi connectivity index (χ2n) is 1.69. The van der Waals surface area contributed by atoms with Gasteiger partial charge in [0.25, 0.3) is 0 Å². The second-order valence-corrected chi connectivity index (χ2v) is 2.78. The Morgan fingerprint density at radius 1 is 1.70 bits per heavy atom. The molecule has 1 unspecified atom stereocenters. The third-order valence-corrected chi connectivity index (χ3v) is 1.08. The van der Waals surface area contributed by atoms with E-state index in [1.165, 1.54) is 6.08 Å². The number of hydrogen-bond acceptors (Lipinski definition) is 1. The molecule has 1 nitrogen and oxygen atoms in total. The molecular formula is C7H7Cl2N. The Balaban J connectivity index is 3.85. The normalized spacial score (nSPS) is 15.2. The summed E-state index contributed by atoms with van der Waals surface area (Å²) in [5, 5.41) is 8.32. The lowest BCUT2D eigenvalue weighted by Gasteiger charge is -1.86. The summed E-state index contributed by atoms with van der Waals surface area (Å²) < 4.78 is 0. The van der Waals surface area contributed by atoms with Gasteiger partial charge in [-0.25, -0.2) is 0 Å². The summed E-state index contributed by atoms with van der Waals surface area (Å²) in [6.07, 6.45) is 4.89. The van der Waals surface area contributed by atoms with E-state index in [0.717, 1.165) is 0 Å². The minimum atomic E-state index is -0.0283. The average molecular weight is 176 g/mol. The fourth-order valence-electron chi connectivity index (χ4n) is 0.330. The Morgan fingerprint density at radius 3 is 2.70 bits per heavy atom. The van der Waals surface area contributed by atoms with E-state index in [4.69, 9.17) is 28.5 Å². The van der Waals surface area contributed by atoms with Crippen LogP contribution in [-0.4, -0.2) is 5.38 Å². The zero-order valence-corrected chi connectivity index (χ0v) is 7.02. The van der Waals surface area contributed by atoms with Crippen LogP contribution in [0.5, 0.6) is 0 Å². The van der Waals surface area contributed by atoms with Crippen LogP contribution in [0.2, 0.25) is 0 Å². The standard InChI is InChI=1S/C7H7Cl2N/c1-6(8)3-2-4-7(9)5-10/h2-4,6H,1H3/b3-2+,7-4-. The van der Waals surface area contributed by atoms with Crippen molar-refractivity contribution in [2.45, 2.75) is 12.3 Å². The van der Waals surface area contributed by atoms with E-state index in [1.54, 1.807) is 18.2 Å². The molecule has 0 aliphatic rings. The average Bonchev–Trinajstić information content (AvgIpc) is 1.87. The van der Waals surface area contributed by atoms with E-state index >= 15 is 0 Å². The zero-order valence-electron chi connectivity index (χ0n) is 5.51. The molecular weight excluding hydrogens is 169 g/mol. The van der Waals surface area contributed by atoms with Crippen molar-refractivity contribution in [1.29, 1.82) is 5.26 Å². The van der Waals surface area contributed by atoms with E-state index in [0.29, 0.717) is 0 Å². The van der Waals surface area contributed by atoms with Crippen molar-refractivity contribution in [2.75, 3.05) is 0 Å². The van der Waals surface area contributed by atoms with Crippen molar-refractivity contribution in [2.24, 2.45) is 0 Å². The summed E-state index contributed by atoms with van der Waals surface area (Å²) >= 11 is 10.9. The molecule has 0 rings (SSSR count). The number of nitriles is 1.